The molecule has 0 radical (unpaired) electrons. The first-order chi connectivity index (χ1) is 27.1. The number of likely N-dealkylation sites (N-methyl/N-ethyl adjacent to an activating group) is 1. The number of ether oxygens (including phenoxy) is 2. The number of esters is 1. The average Bonchev–Trinajstić information content (AvgIpc) is 3.15. The maximum atomic E-state index is 12.7. The molecule has 334 valence electrons. The Bertz CT molecular complexity index is 909. The molecule has 0 aliphatic carbocycles. The van der Waals surface area contributed by atoms with Crippen molar-refractivity contribution >= 4 is 13.8 Å². The lowest BCUT2D eigenvalue weighted by atomic mass is 10.0. The first kappa shape index (κ1) is 55.2. The summed E-state index contributed by atoms with van der Waals surface area (Å²) < 4.78 is 35.0. The smallest absolute Gasteiger partial charge is 0.457 e. The third kappa shape index (κ3) is 44.3. The number of hydrogen-bond donors (Lipinski definition) is 1. The highest BCUT2D eigenvalue weighted by atomic mass is 31.2. The molecule has 0 fully saturated rings. The van der Waals surface area contributed by atoms with E-state index in [1.54, 1.807) is 0 Å². The molecular weight excluding hydrogens is 721 g/mol. The number of carbonyl (C=O) groups is 1. The second-order valence-electron chi connectivity index (χ2n) is 17.5. The summed E-state index contributed by atoms with van der Waals surface area (Å²) in [4.78, 5) is 22.9. The molecule has 0 aromatic carbocycles. The number of allylic oxidation sites excluding steroid dienone is 2. The molecule has 0 aliphatic heterocycles. The highest BCUT2D eigenvalue weighted by Gasteiger charge is 2.26. The van der Waals surface area contributed by atoms with Gasteiger partial charge in [0.25, 0.3) is 0 Å². The highest BCUT2D eigenvalue weighted by molar-refractivity contribution is 7.47. The molecule has 2 unspecified atom stereocenters. The van der Waals surface area contributed by atoms with Crippen LogP contribution in [0.15, 0.2) is 12.2 Å². The summed E-state index contributed by atoms with van der Waals surface area (Å²) in [7, 11) is 1.68. The Morgan fingerprint density at radius 2 is 0.964 bits per heavy atom. The Morgan fingerprint density at radius 3 is 1.43 bits per heavy atom. The summed E-state index contributed by atoms with van der Waals surface area (Å²) in [6, 6.07) is 0. The fourth-order valence-corrected chi connectivity index (χ4v) is 7.59. The van der Waals surface area contributed by atoms with Gasteiger partial charge in [0.05, 0.1) is 34.4 Å². The molecule has 0 aliphatic rings. The molecular formula is C47H95NO7P+. The van der Waals surface area contributed by atoms with Crippen LogP contribution in [0.4, 0.5) is 0 Å². The SMILES string of the molecule is CCC/C=C\CCCCCCCCOCC(COP(=O)(O)OCC[N+](C)(C)C)OC(=O)CCCCCCCCCCCCCCCCCCCCCCCCC. The highest BCUT2D eigenvalue weighted by Crippen LogP contribution is 2.43. The minimum Gasteiger partial charge on any atom is -0.457 e. The predicted molar refractivity (Wildman–Crippen MR) is 238 cm³/mol. The van der Waals surface area contributed by atoms with E-state index in [0.29, 0.717) is 24.1 Å². The normalized spacial score (nSPS) is 13.8. The standard InChI is InChI=1S/C47H94NO7P/c1-6-8-10-12-14-16-18-19-20-21-22-23-24-25-26-27-28-29-30-32-34-36-38-40-47(49)55-46(45-54-56(50,51)53-43-41-48(3,4)5)44-52-42-39-37-35-33-31-17-15-13-11-9-7-2/h11,13,46H,6-10,12,14-45H2,1-5H3/p+1/b13-11-. The zero-order valence-corrected chi connectivity index (χ0v) is 38.8. The first-order valence-corrected chi connectivity index (χ1v) is 25.4. The van der Waals surface area contributed by atoms with E-state index in [4.69, 9.17) is 18.5 Å². The van der Waals surface area contributed by atoms with Crippen molar-refractivity contribution in [2.24, 2.45) is 0 Å². The lowest BCUT2D eigenvalue weighted by Crippen LogP contribution is -2.37. The van der Waals surface area contributed by atoms with Gasteiger partial charge in [-0.3, -0.25) is 13.8 Å². The molecule has 0 spiro atoms. The first-order valence-electron chi connectivity index (χ1n) is 23.9. The summed E-state index contributed by atoms with van der Waals surface area (Å²) in [5.41, 5.74) is 0. The second kappa shape index (κ2) is 41.0. The van der Waals surface area contributed by atoms with Crippen molar-refractivity contribution in [3.8, 4) is 0 Å². The van der Waals surface area contributed by atoms with Gasteiger partial charge in [0.15, 0.2) is 0 Å². The number of unbranched alkanes of at least 4 members (excludes halogenated alkanes) is 29. The number of quaternary nitrogens is 1. The van der Waals surface area contributed by atoms with E-state index < -0.39 is 13.9 Å². The van der Waals surface area contributed by atoms with Gasteiger partial charge in [0.1, 0.15) is 19.3 Å². The van der Waals surface area contributed by atoms with Crippen LogP contribution < -0.4 is 0 Å². The fourth-order valence-electron chi connectivity index (χ4n) is 6.85. The van der Waals surface area contributed by atoms with Gasteiger partial charge in [-0.15, -0.1) is 0 Å². The molecule has 1 N–H and O–H groups in total. The van der Waals surface area contributed by atoms with Crippen molar-refractivity contribution in [3.05, 3.63) is 12.2 Å². The van der Waals surface area contributed by atoms with E-state index in [9.17, 15) is 14.3 Å². The van der Waals surface area contributed by atoms with E-state index in [1.807, 2.05) is 21.1 Å². The predicted octanol–water partition coefficient (Wildman–Crippen LogP) is 14.2. The number of phosphoric ester groups is 1. The minimum atomic E-state index is -4.27. The summed E-state index contributed by atoms with van der Waals surface area (Å²) in [5, 5.41) is 0. The van der Waals surface area contributed by atoms with Crippen molar-refractivity contribution < 1.29 is 37.3 Å². The van der Waals surface area contributed by atoms with Crippen molar-refractivity contribution in [1.82, 2.24) is 0 Å². The molecule has 0 saturated heterocycles. The molecule has 0 heterocycles. The molecule has 2 atom stereocenters. The van der Waals surface area contributed by atoms with Crippen LogP contribution >= 0.6 is 7.82 Å². The summed E-state index contributed by atoms with van der Waals surface area (Å²) in [6.07, 6.45) is 45.4. The van der Waals surface area contributed by atoms with Gasteiger partial charge in [-0.05, 0) is 32.1 Å². The number of nitrogens with zero attached hydrogens (tertiary/aromatic N) is 1. The molecule has 9 heteroatoms. The second-order valence-corrected chi connectivity index (χ2v) is 19.0. The maximum absolute atomic E-state index is 12.7. The van der Waals surface area contributed by atoms with Gasteiger partial charge in [0, 0.05) is 13.0 Å². The topological polar surface area (TPSA) is 91.3 Å². The van der Waals surface area contributed by atoms with Gasteiger partial charge in [0.2, 0.25) is 0 Å². The van der Waals surface area contributed by atoms with Crippen molar-refractivity contribution in [1.29, 1.82) is 0 Å². The zero-order chi connectivity index (χ0) is 41.3. The van der Waals surface area contributed by atoms with Crippen LogP contribution in [0.5, 0.6) is 0 Å². The number of rotatable bonds is 45. The summed E-state index contributed by atoms with van der Waals surface area (Å²) in [5.74, 6) is -0.311. The van der Waals surface area contributed by atoms with Crippen LogP contribution in [0.25, 0.3) is 0 Å². The van der Waals surface area contributed by atoms with Crippen LogP contribution in [0, 0.1) is 0 Å². The molecule has 0 aromatic heterocycles. The molecule has 0 bridgehead atoms. The lowest BCUT2D eigenvalue weighted by Gasteiger charge is -2.24. The minimum absolute atomic E-state index is 0.0906. The Labute approximate surface area is 348 Å². The van der Waals surface area contributed by atoms with Crippen LogP contribution in [-0.2, 0) is 27.9 Å². The lowest BCUT2D eigenvalue weighted by molar-refractivity contribution is -0.870. The largest absolute Gasteiger partial charge is 0.472 e. The van der Waals surface area contributed by atoms with Gasteiger partial charge < -0.3 is 18.9 Å². The van der Waals surface area contributed by atoms with Crippen LogP contribution in [0.1, 0.15) is 226 Å². The number of hydrogen-bond acceptors (Lipinski definition) is 6. The third-order valence-corrected chi connectivity index (χ3v) is 11.5. The summed E-state index contributed by atoms with van der Waals surface area (Å²) in [6.45, 7) is 5.60. The summed E-state index contributed by atoms with van der Waals surface area (Å²) >= 11 is 0. The molecule has 0 rings (SSSR count). The monoisotopic (exact) mass is 817 g/mol. The van der Waals surface area contributed by atoms with Gasteiger partial charge in [-0.1, -0.05) is 199 Å². The molecule has 56 heavy (non-hydrogen) atoms. The van der Waals surface area contributed by atoms with Crippen molar-refractivity contribution in [2.75, 3.05) is 54.1 Å². The van der Waals surface area contributed by atoms with E-state index in [2.05, 4.69) is 26.0 Å². The van der Waals surface area contributed by atoms with Gasteiger partial charge in [-0.25, -0.2) is 4.57 Å². The van der Waals surface area contributed by atoms with Crippen molar-refractivity contribution in [2.45, 2.75) is 232 Å². The molecule has 0 saturated carbocycles. The fraction of sp³-hybridized carbons (Fsp3) is 0.936. The number of phosphoric acid groups is 1. The average molecular weight is 817 g/mol. The van der Waals surface area contributed by atoms with E-state index in [1.165, 1.54) is 173 Å². The molecule has 8 nitrogen and oxygen atoms in total. The molecule has 0 amide bonds. The van der Waals surface area contributed by atoms with Crippen LogP contribution in [0.2, 0.25) is 0 Å². The third-order valence-electron chi connectivity index (χ3n) is 10.6. The quantitative estimate of drug-likeness (QED) is 0.0215. The zero-order valence-electron chi connectivity index (χ0n) is 37.9. The van der Waals surface area contributed by atoms with E-state index in [0.717, 1.165) is 32.1 Å². The van der Waals surface area contributed by atoms with Gasteiger partial charge >= 0.3 is 13.8 Å². The Hall–Kier alpha value is -0.760. The Kier molecular flexibility index (Phi) is 40.4. The van der Waals surface area contributed by atoms with Crippen LogP contribution in [-0.4, -0.2) is 75.6 Å². The van der Waals surface area contributed by atoms with Crippen LogP contribution in [0.3, 0.4) is 0 Å². The Morgan fingerprint density at radius 1 is 0.536 bits per heavy atom. The van der Waals surface area contributed by atoms with E-state index >= 15 is 0 Å². The molecule has 0 aromatic rings. The number of carbonyl (C=O) groups excluding carboxylic acids is 1. The van der Waals surface area contributed by atoms with E-state index in [-0.39, 0.29) is 25.8 Å². The Balaban J connectivity index is 4.04. The van der Waals surface area contributed by atoms with Gasteiger partial charge in [-0.2, -0.15) is 0 Å². The maximum Gasteiger partial charge on any atom is 0.472 e. The van der Waals surface area contributed by atoms with Crippen molar-refractivity contribution in [3.63, 3.8) is 0 Å².